The molecule has 0 bridgehead atoms. The highest BCUT2D eigenvalue weighted by Gasteiger charge is 2.32. The number of aromatic carboxylic acids is 1. The standard InChI is InChI=1S/C16H24N2O3/c1-4-16(17,5-2)15(21)18(3)11-10-12-8-6-7-9-13(12)14(19)20/h6-9H,4-5,10-11,17H2,1-3H3,(H,19,20). The lowest BCUT2D eigenvalue weighted by molar-refractivity contribution is -0.135. The van der Waals surface area contributed by atoms with E-state index in [1.165, 1.54) is 0 Å². The van der Waals surface area contributed by atoms with Gasteiger partial charge in [-0.15, -0.1) is 0 Å². The number of nitrogens with two attached hydrogens (primary N) is 1. The maximum absolute atomic E-state index is 12.4. The molecular weight excluding hydrogens is 268 g/mol. The van der Waals surface area contributed by atoms with E-state index in [1.807, 2.05) is 13.8 Å². The van der Waals surface area contributed by atoms with Crippen molar-refractivity contribution in [2.75, 3.05) is 13.6 Å². The SMILES string of the molecule is CCC(N)(CC)C(=O)N(C)CCc1ccccc1C(=O)O. The number of amides is 1. The third kappa shape index (κ3) is 4.04. The van der Waals surface area contributed by atoms with Gasteiger partial charge in [0.15, 0.2) is 0 Å². The number of hydrogen-bond acceptors (Lipinski definition) is 3. The van der Waals surface area contributed by atoms with E-state index in [0.29, 0.717) is 25.8 Å². The molecule has 0 aliphatic rings. The average molecular weight is 292 g/mol. The molecule has 5 heteroatoms. The fourth-order valence-corrected chi connectivity index (χ4v) is 2.27. The number of carboxylic acid groups (broad SMARTS) is 1. The molecule has 116 valence electrons. The van der Waals surface area contributed by atoms with Crippen LogP contribution in [0, 0.1) is 0 Å². The van der Waals surface area contributed by atoms with Gasteiger partial charge in [0.05, 0.1) is 11.1 Å². The number of benzene rings is 1. The van der Waals surface area contributed by atoms with Crippen LogP contribution < -0.4 is 5.73 Å². The summed E-state index contributed by atoms with van der Waals surface area (Å²) < 4.78 is 0. The van der Waals surface area contributed by atoms with Gasteiger partial charge in [-0.2, -0.15) is 0 Å². The first-order valence-corrected chi connectivity index (χ1v) is 7.21. The number of carbonyl (C=O) groups is 2. The Balaban J connectivity index is 2.76. The lowest BCUT2D eigenvalue weighted by Crippen LogP contribution is -2.53. The predicted octanol–water partition coefficient (Wildman–Crippen LogP) is 1.90. The third-order valence-corrected chi connectivity index (χ3v) is 4.00. The van der Waals surface area contributed by atoms with Crippen molar-refractivity contribution in [2.24, 2.45) is 5.73 Å². The van der Waals surface area contributed by atoms with Crippen molar-refractivity contribution in [3.05, 3.63) is 35.4 Å². The first kappa shape index (κ1) is 17.2. The normalized spacial score (nSPS) is 11.2. The van der Waals surface area contributed by atoms with E-state index in [4.69, 9.17) is 10.8 Å². The predicted molar refractivity (Wildman–Crippen MR) is 82.2 cm³/mol. The molecule has 0 aromatic heterocycles. The molecule has 1 aromatic rings. The van der Waals surface area contributed by atoms with Crippen LogP contribution in [0.15, 0.2) is 24.3 Å². The highest BCUT2D eigenvalue weighted by molar-refractivity contribution is 5.89. The maximum Gasteiger partial charge on any atom is 0.335 e. The van der Waals surface area contributed by atoms with Gasteiger partial charge in [0.1, 0.15) is 0 Å². The smallest absolute Gasteiger partial charge is 0.335 e. The summed E-state index contributed by atoms with van der Waals surface area (Å²) in [5, 5.41) is 9.14. The van der Waals surface area contributed by atoms with Crippen molar-refractivity contribution in [1.29, 1.82) is 0 Å². The zero-order chi connectivity index (χ0) is 16.0. The topological polar surface area (TPSA) is 83.6 Å². The van der Waals surface area contributed by atoms with Crippen molar-refractivity contribution in [3.8, 4) is 0 Å². The lowest BCUT2D eigenvalue weighted by atomic mass is 9.92. The summed E-state index contributed by atoms with van der Waals surface area (Å²) >= 11 is 0. The van der Waals surface area contributed by atoms with E-state index in [2.05, 4.69) is 0 Å². The van der Waals surface area contributed by atoms with Crippen LogP contribution in [-0.2, 0) is 11.2 Å². The molecule has 0 unspecified atom stereocenters. The lowest BCUT2D eigenvalue weighted by Gasteiger charge is -2.30. The maximum atomic E-state index is 12.4. The van der Waals surface area contributed by atoms with Crippen LogP contribution in [-0.4, -0.2) is 41.0 Å². The molecule has 1 amide bonds. The van der Waals surface area contributed by atoms with Gasteiger partial charge < -0.3 is 15.7 Å². The number of rotatable bonds is 7. The molecule has 5 nitrogen and oxygen atoms in total. The molecule has 21 heavy (non-hydrogen) atoms. The number of hydrogen-bond donors (Lipinski definition) is 2. The second kappa shape index (κ2) is 7.22. The first-order valence-electron chi connectivity index (χ1n) is 7.21. The van der Waals surface area contributed by atoms with Crippen LogP contribution in [0.3, 0.4) is 0 Å². The Bertz CT molecular complexity index is 510. The molecule has 0 aliphatic heterocycles. The molecule has 0 aliphatic carbocycles. The van der Waals surface area contributed by atoms with E-state index < -0.39 is 11.5 Å². The van der Waals surface area contributed by atoms with Crippen LogP contribution in [0.5, 0.6) is 0 Å². The fourth-order valence-electron chi connectivity index (χ4n) is 2.27. The summed E-state index contributed by atoms with van der Waals surface area (Å²) in [7, 11) is 1.71. The van der Waals surface area contributed by atoms with Crippen LogP contribution in [0.25, 0.3) is 0 Å². The molecule has 0 atom stereocenters. The van der Waals surface area contributed by atoms with E-state index in [9.17, 15) is 9.59 Å². The van der Waals surface area contributed by atoms with Crippen LogP contribution in [0.1, 0.15) is 42.6 Å². The monoisotopic (exact) mass is 292 g/mol. The van der Waals surface area contributed by atoms with Crippen molar-refractivity contribution < 1.29 is 14.7 Å². The van der Waals surface area contributed by atoms with Crippen LogP contribution in [0.2, 0.25) is 0 Å². The Morgan fingerprint density at radius 2 is 1.81 bits per heavy atom. The Morgan fingerprint density at radius 1 is 1.24 bits per heavy atom. The molecule has 0 radical (unpaired) electrons. The number of carboxylic acids is 1. The highest BCUT2D eigenvalue weighted by atomic mass is 16.4. The van der Waals surface area contributed by atoms with Crippen LogP contribution >= 0.6 is 0 Å². The fraction of sp³-hybridized carbons (Fsp3) is 0.500. The van der Waals surface area contributed by atoms with Gasteiger partial charge in [-0.25, -0.2) is 4.79 Å². The Hall–Kier alpha value is -1.88. The van der Waals surface area contributed by atoms with E-state index in [0.717, 1.165) is 5.56 Å². The van der Waals surface area contributed by atoms with Gasteiger partial charge in [0.25, 0.3) is 0 Å². The largest absolute Gasteiger partial charge is 0.478 e. The number of likely N-dealkylation sites (N-methyl/N-ethyl adjacent to an activating group) is 1. The molecule has 0 saturated carbocycles. The van der Waals surface area contributed by atoms with Crippen molar-refractivity contribution >= 4 is 11.9 Å². The zero-order valence-electron chi connectivity index (χ0n) is 12.9. The molecule has 1 rings (SSSR count). The van der Waals surface area contributed by atoms with Gasteiger partial charge in [-0.05, 0) is 30.9 Å². The Morgan fingerprint density at radius 3 is 2.33 bits per heavy atom. The molecule has 0 fully saturated rings. The molecule has 3 N–H and O–H groups in total. The Labute approximate surface area is 125 Å². The van der Waals surface area contributed by atoms with Crippen LogP contribution in [0.4, 0.5) is 0 Å². The van der Waals surface area contributed by atoms with E-state index in [1.54, 1.807) is 36.2 Å². The number of carbonyl (C=O) groups excluding carboxylic acids is 1. The first-order chi connectivity index (χ1) is 9.85. The second-order valence-electron chi connectivity index (χ2n) is 5.30. The summed E-state index contributed by atoms with van der Waals surface area (Å²) in [6.07, 6.45) is 1.66. The van der Waals surface area contributed by atoms with Crippen molar-refractivity contribution in [3.63, 3.8) is 0 Å². The molecule has 1 aromatic carbocycles. The number of nitrogens with zero attached hydrogens (tertiary/aromatic N) is 1. The second-order valence-corrected chi connectivity index (χ2v) is 5.30. The average Bonchev–Trinajstić information content (AvgIpc) is 2.51. The summed E-state index contributed by atoms with van der Waals surface area (Å²) in [5.41, 5.74) is 6.27. The minimum absolute atomic E-state index is 0.0969. The van der Waals surface area contributed by atoms with Gasteiger partial charge >= 0.3 is 5.97 Å². The summed E-state index contributed by atoms with van der Waals surface area (Å²) in [6.45, 7) is 4.24. The van der Waals surface area contributed by atoms with Gasteiger partial charge in [0, 0.05) is 13.6 Å². The quantitative estimate of drug-likeness (QED) is 0.804. The summed E-state index contributed by atoms with van der Waals surface area (Å²) in [6, 6.07) is 6.84. The minimum atomic E-state index is -0.949. The minimum Gasteiger partial charge on any atom is -0.478 e. The van der Waals surface area contributed by atoms with Gasteiger partial charge in [-0.1, -0.05) is 32.0 Å². The van der Waals surface area contributed by atoms with E-state index >= 15 is 0 Å². The summed E-state index contributed by atoms with van der Waals surface area (Å²) in [5.74, 6) is -1.05. The molecular formula is C16H24N2O3. The van der Waals surface area contributed by atoms with E-state index in [-0.39, 0.29) is 11.5 Å². The van der Waals surface area contributed by atoms with Gasteiger partial charge in [-0.3, -0.25) is 4.79 Å². The molecule has 0 spiro atoms. The molecule has 0 saturated heterocycles. The zero-order valence-corrected chi connectivity index (χ0v) is 12.9. The van der Waals surface area contributed by atoms with Crippen molar-refractivity contribution in [1.82, 2.24) is 4.90 Å². The van der Waals surface area contributed by atoms with Gasteiger partial charge in [0.2, 0.25) is 5.91 Å². The highest BCUT2D eigenvalue weighted by Crippen LogP contribution is 2.16. The van der Waals surface area contributed by atoms with Crippen molar-refractivity contribution in [2.45, 2.75) is 38.6 Å². The molecule has 0 heterocycles. The summed E-state index contributed by atoms with van der Waals surface area (Å²) in [4.78, 5) is 25.1. The third-order valence-electron chi connectivity index (χ3n) is 4.00. The Kier molecular flexibility index (Phi) is 5.90.